The van der Waals surface area contributed by atoms with Gasteiger partial charge in [-0.3, -0.25) is 9.69 Å². The molecule has 2 heterocycles. The molecule has 1 N–H and O–H groups in total. The Labute approximate surface area is 199 Å². The Bertz CT molecular complexity index is 852. The lowest BCUT2D eigenvalue weighted by Crippen LogP contribution is -2.49. The van der Waals surface area contributed by atoms with Gasteiger partial charge in [-0.15, -0.1) is 0 Å². The Balaban J connectivity index is 1.22. The molecule has 1 aromatic rings. The van der Waals surface area contributed by atoms with Crippen molar-refractivity contribution >= 4 is 21.6 Å². The van der Waals surface area contributed by atoms with Gasteiger partial charge >= 0.3 is 0 Å². The normalized spacial score (nSPS) is 22.7. The highest BCUT2D eigenvalue weighted by Gasteiger charge is 2.25. The second-order valence-corrected chi connectivity index (χ2v) is 11.9. The lowest BCUT2D eigenvalue weighted by Gasteiger charge is -2.37. The van der Waals surface area contributed by atoms with Gasteiger partial charge in [-0.2, -0.15) is 4.31 Å². The van der Waals surface area contributed by atoms with Crippen LogP contribution in [0.5, 0.6) is 0 Å². The maximum absolute atomic E-state index is 12.9. The molecule has 8 heteroatoms. The van der Waals surface area contributed by atoms with E-state index in [-0.39, 0.29) is 5.91 Å². The van der Waals surface area contributed by atoms with E-state index in [1.54, 1.807) is 28.6 Å². The third-order valence-electron chi connectivity index (χ3n) is 7.41. The van der Waals surface area contributed by atoms with Gasteiger partial charge in [0.15, 0.2) is 0 Å². The Kier molecular flexibility index (Phi) is 8.79. The summed E-state index contributed by atoms with van der Waals surface area (Å²) in [6.07, 6.45) is 10.9. The smallest absolute Gasteiger partial charge is 0.243 e. The van der Waals surface area contributed by atoms with Crippen LogP contribution in [-0.2, 0) is 14.8 Å². The molecule has 1 saturated carbocycles. The summed E-state index contributed by atoms with van der Waals surface area (Å²) in [4.78, 5) is 17.6. The summed E-state index contributed by atoms with van der Waals surface area (Å²) in [5.74, 6) is 0.818. The largest absolute Gasteiger partial charge is 0.325 e. The van der Waals surface area contributed by atoms with Gasteiger partial charge in [0.2, 0.25) is 15.9 Å². The highest BCUT2D eigenvalue weighted by molar-refractivity contribution is 7.89. The van der Waals surface area contributed by atoms with Crippen LogP contribution in [0.3, 0.4) is 0 Å². The van der Waals surface area contributed by atoms with Gasteiger partial charge < -0.3 is 10.2 Å². The molecular formula is C25H40N4O3S. The number of nitrogens with one attached hydrogen (secondary N) is 1. The van der Waals surface area contributed by atoms with Crippen LogP contribution < -0.4 is 5.32 Å². The minimum atomic E-state index is -3.46. The second-order valence-electron chi connectivity index (χ2n) is 9.97. The Hall–Kier alpha value is -1.48. The quantitative estimate of drug-likeness (QED) is 0.653. The number of amides is 1. The molecule has 7 nitrogen and oxygen atoms in total. The molecule has 33 heavy (non-hydrogen) atoms. The average Bonchev–Trinajstić information content (AvgIpc) is 3.12. The van der Waals surface area contributed by atoms with Crippen LogP contribution in [0.15, 0.2) is 29.2 Å². The molecule has 2 saturated heterocycles. The van der Waals surface area contributed by atoms with Crippen LogP contribution in [0, 0.1) is 5.92 Å². The molecule has 1 amide bonds. The molecule has 184 valence electrons. The minimum Gasteiger partial charge on any atom is -0.325 e. The van der Waals surface area contributed by atoms with Crippen molar-refractivity contribution in [3.05, 3.63) is 24.3 Å². The lowest BCUT2D eigenvalue weighted by molar-refractivity contribution is -0.117. The Morgan fingerprint density at radius 2 is 1.36 bits per heavy atom. The molecule has 0 bridgehead atoms. The maximum Gasteiger partial charge on any atom is 0.243 e. The van der Waals surface area contributed by atoms with Crippen LogP contribution >= 0.6 is 0 Å². The molecule has 4 rings (SSSR count). The molecular weight excluding hydrogens is 436 g/mol. The molecule has 0 aromatic heterocycles. The fraction of sp³-hybridized carbons (Fsp3) is 0.720. The van der Waals surface area contributed by atoms with E-state index in [9.17, 15) is 13.2 Å². The highest BCUT2D eigenvalue weighted by atomic mass is 32.2. The fourth-order valence-corrected chi connectivity index (χ4v) is 6.93. The van der Waals surface area contributed by atoms with E-state index in [0.29, 0.717) is 30.2 Å². The number of carbonyl (C=O) groups is 1. The summed E-state index contributed by atoms with van der Waals surface area (Å²) in [6, 6.07) is 6.62. The number of carbonyl (C=O) groups excluding carboxylic acids is 1. The zero-order chi connectivity index (χ0) is 23.1. The summed E-state index contributed by atoms with van der Waals surface area (Å²) in [6.45, 7) is 6.70. The van der Waals surface area contributed by atoms with Crippen molar-refractivity contribution in [3.63, 3.8) is 0 Å². The van der Waals surface area contributed by atoms with E-state index in [0.717, 1.165) is 57.8 Å². The fourth-order valence-electron chi connectivity index (χ4n) is 5.41. The van der Waals surface area contributed by atoms with E-state index in [1.165, 1.54) is 38.6 Å². The van der Waals surface area contributed by atoms with Gasteiger partial charge in [-0.1, -0.05) is 32.1 Å². The molecule has 0 spiro atoms. The van der Waals surface area contributed by atoms with E-state index >= 15 is 0 Å². The van der Waals surface area contributed by atoms with Crippen LogP contribution in [0.25, 0.3) is 0 Å². The maximum atomic E-state index is 12.9. The monoisotopic (exact) mass is 476 g/mol. The molecule has 3 fully saturated rings. The van der Waals surface area contributed by atoms with E-state index < -0.39 is 10.0 Å². The van der Waals surface area contributed by atoms with Gasteiger partial charge in [0.1, 0.15) is 0 Å². The Morgan fingerprint density at radius 3 is 2.00 bits per heavy atom. The molecule has 3 aliphatic rings. The van der Waals surface area contributed by atoms with E-state index in [2.05, 4.69) is 15.1 Å². The first-order valence-electron chi connectivity index (χ1n) is 12.9. The molecule has 0 radical (unpaired) electrons. The first kappa shape index (κ1) is 24.6. The molecule has 0 atom stereocenters. The van der Waals surface area contributed by atoms with Crippen LogP contribution in [-0.4, -0.2) is 80.8 Å². The predicted octanol–water partition coefficient (Wildman–Crippen LogP) is 3.39. The number of hydrogen-bond donors (Lipinski definition) is 1. The first-order chi connectivity index (χ1) is 16.0. The van der Waals surface area contributed by atoms with Crippen molar-refractivity contribution in [2.24, 2.45) is 5.92 Å². The second kappa shape index (κ2) is 11.8. The van der Waals surface area contributed by atoms with Crippen molar-refractivity contribution in [3.8, 4) is 0 Å². The van der Waals surface area contributed by atoms with Crippen molar-refractivity contribution in [2.45, 2.75) is 62.7 Å². The Morgan fingerprint density at radius 1 is 0.788 bits per heavy atom. The molecule has 0 unspecified atom stereocenters. The number of benzene rings is 1. The average molecular weight is 477 g/mol. The molecule has 1 aromatic carbocycles. The summed E-state index contributed by atoms with van der Waals surface area (Å²) in [5, 5.41) is 2.93. The van der Waals surface area contributed by atoms with Crippen molar-refractivity contribution in [1.82, 2.24) is 14.1 Å². The van der Waals surface area contributed by atoms with E-state index in [1.807, 2.05) is 0 Å². The lowest BCUT2D eigenvalue weighted by atomic mass is 9.89. The van der Waals surface area contributed by atoms with Gasteiger partial charge in [0.25, 0.3) is 0 Å². The molecule has 2 aliphatic heterocycles. The van der Waals surface area contributed by atoms with Gasteiger partial charge in [0.05, 0.1) is 11.4 Å². The number of hydrogen-bond acceptors (Lipinski definition) is 5. The van der Waals surface area contributed by atoms with Gasteiger partial charge in [-0.25, -0.2) is 8.42 Å². The number of anilines is 1. The van der Waals surface area contributed by atoms with Gasteiger partial charge in [-0.05, 0) is 55.9 Å². The third kappa shape index (κ3) is 7.01. The summed E-state index contributed by atoms with van der Waals surface area (Å²) in [7, 11) is -3.46. The van der Waals surface area contributed by atoms with Crippen molar-refractivity contribution in [2.75, 3.05) is 57.7 Å². The number of nitrogens with zero attached hydrogens (tertiary/aromatic N) is 3. The SMILES string of the molecule is O=C(CN1CCN(CC2CCCCC2)CC1)Nc1ccc(S(=O)(=O)N2CCCCCC2)cc1. The number of sulfonamides is 1. The summed E-state index contributed by atoms with van der Waals surface area (Å²) < 4.78 is 27.4. The molecule has 1 aliphatic carbocycles. The topological polar surface area (TPSA) is 73.0 Å². The van der Waals surface area contributed by atoms with Crippen LogP contribution in [0.1, 0.15) is 57.8 Å². The van der Waals surface area contributed by atoms with Crippen LogP contribution in [0.2, 0.25) is 0 Å². The van der Waals surface area contributed by atoms with Gasteiger partial charge in [0, 0.05) is 51.5 Å². The van der Waals surface area contributed by atoms with Crippen LogP contribution in [0.4, 0.5) is 5.69 Å². The first-order valence-corrected chi connectivity index (χ1v) is 14.3. The zero-order valence-corrected chi connectivity index (χ0v) is 20.7. The standard InChI is InChI=1S/C25H40N4O3S/c30-25(21-28-18-16-27(17-19-28)20-22-8-4-3-5-9-22)26-23-10-12-24(13-11-23)33(31,32)29-14-6-1-2-7-15-29/h10-13,22H,1-9,14-21H2,(H,26,30). The summed E-state index contributed by atoms with van der Waals surface area (Å²) in [5.41, 5.74) is 0.644. The minimum absolute atomic E-state index is 0.0427. The predicted molar refractivity (Wildman–Crippen MR) is 132 cm³/mol. The van der Waals surface area contributed by atoms with E-state index in [4.69, 9.17) is 0 Å². The van der Waals surface area contributed by atoms with Crippen molar-refractivity contribution in [1.29, 1.82) is 0 Å². The number of rotatable bonds is 7. The van der Waals surface area contributed by atoms with Crippen molar-refractivity contribution < 1.29 is 13.2 Å². The number of piperazine rings is 1. The summed E-state index contributed by atoms with van der Waals surface area (Å²) >= 11 is 0. The third-order valence-corrected chi connectivity index (χ3v) is 9.33. The zero-order valence-electron chi connectivity index (χ0n) is 19.9. The highest BCUT2D eigenvalue weighted by Crippen LogP contribution is 2.25.